The largest absolute Gasteiger partial charge is 0.381 e. The average molecular weight is 418 g/mol. The molecule has 0 saturated carbocycles. The third-order valence-corrected chi connectivity index (χ3v) is 7.68. The molecular weight excluding hydrogens is 382 g/mol. The highest BCUT2D eigenvalue weighted by Gasteiger charge is 2.25. The molecule has 2 aliphatic heterocycles. The molecule has 2 aliphatic rings. The Balaban J connectivity index is 1.61. The molecule has 0 amide bonds. The van der Waals surface area contributed by atoms with Crippen LogP contribution in [0.2, 0.25) is 25.7 Å². The lowest BCUT2D eigenvalue weighted by Gasteiger charge is -2.22. The summed E-state index contributed by atoms with van der Waals surface area (Å²) >= 11 is 0. The summed E-state index contributed by atoms with van der Waals surface area (Å²) in [6, 6.07) is 1.60. The van der Waals surface area contributed by atoms with Crippen molar-refractivity contribution in [3.05, 3.63) is 18.1 Å². The molecule has 4 rings (SSSR count). The van der Waals surface area contributed by atoms with Gasteiger partial charge in [-0.05, 0) is 43.3 Å². The monoisotopic (exact) mass is 417 g/mol. The summed E-state index contributed by atoms with van der Waals surface area (Å²) in [5, 5.41) is 8.26. The second-order valence-electron chi connectivity index (χ2n) is 9.54. The molecule has 0 unspecified atom stereocenters. The van der Waals surface area contributed by atoms with Gasteiger partial charge in [-0.3, -0.25) is 0 Å². The van der Waals surface area contributed by atoms with Gasteiger partial charge in [0, 0.05) is 46.7 Å². The minimum Gasteiger partial charge on any atom is -0.381 e. The highest BCUT2D eigenvalue weighted by molar-refractivity contribution is 6.76. The molecule has 0 radical (unpaired) electrons. The van der Waals surface area contributed by atoms with Crippen LogP contribution in [-0.4, -0.2) is 61.6 Å². The number of hydrogen-bond acceptors (Lipinski definition) is 6. The lowest BCUT2D eigenvalue weighted by atomic mass is 9.92. The normalized spacial score (nSPS) is 21.1. The number of aromatic nitrogens is 3. The minimum atomic E-state index is -1.09. The van der Waals surface area contributed by atoms with E-state index < -0.39 is 8.07 Å². The summed E-state index contributed by atoms with van der Waals surface area (Å²) < 4.78 is 13.8. The maximum absolute atomic E-state index is 6.06. The Hall–Kier alpha value is -1.48. The van der Waals surface area contributed by atoms with Gasteiger partial charge in [-0.2, -0.15) is 0 Å². The quantitative estimate of drug-likeness (QED) is 0.506. The van der Waals surface area contributed by atoms with Crippen LogP contribution in [-0.2, 0) is 16.2 Å². The van der Waals surface area contributed by atoms with Gasteiger partial charge in [-0.25, -0.2) is 9.97 Å². The molecule has 0 spiro atoms. The van der Waals surface area contributed by atoms with Gasteiger partial charge >= 0.3 is 0 Å². The number of nitrogens with zero attached hydrogens (tertiary/aromatic N) is 3. The van der Waals surface area contributed by atoms with Crippen LogP contribution in [0.1, 0.15) is 30.7 Å². The molecule has 8 heteroatoms. The van der Waals surface area contributed by atoms with Crippen LogP contribution >= 0.6 is 0 Å². The first kappa shape index (κ1) is 20.8. The second kappa shape index (κ2) is 9.12. The van der Waals surface area contributed by atoms with E-state index in [2.05, 4.69) is 51.0 Å². The molecule has 2 saturated heterocycles. The summed E-state index contributed by atoms with van der Waals surface area (Å²) in [4.78, 5) is 9.29. The van der Waals surface area contributed by atoms with E-state index in [-0.39, 0.29) is 0 Å². The topological polar surface area (TPSA) is 73.2 Å². The van der Waals surface area contributed by atoms with Gasteiger partial charge in [0.05, 0.1) is 5.39 Å². The number of anilines is 1. The van der Waals surface area contributed by atoms with E-state index in [1.165, 1.54) is 17.0 Å². The van der Waals surface area contributed by atoms with Crippen molar-refractivity contribution in [2.24, 2.45) is 0 Å². The predicted molar refractivity (Wildman–Crippen MR) is 119 cm³/mol. The molecule has 0 bridgehead atoms. The SMILES string of the molecule is C[Si](C)(C)CCOCn1cc(C2CCOCC2)c2c(N[C@@H]3CCNC3)ncnc21. The zero-order valence-corrected chi connectivity index (χ0v) is 19.0. The molecule has 2 fully saturated rings. The van der Waals surface area contributed by atoms with Gasteiger partial charge in [0.2, 0.25) is 0 Å². The molecule has 160 valence electrons. The molecule has 0 aliphatic carbocycles. The van der Waals surface area contributed by atoms with Gasteiger partial charge in [-0.1, -0.05) is 19.6 Å². The summed E-state index contributed by atoms with van der Waals surface area (Å²) in [5.74, 6) is 1.45. The van der Waals surface area contributed by atoms with Crippen molar-refractivity contribution in [3.8, 4) is 0 Å². The van der Waals surface area contributed by atoms with Crippen LogP contribution in [0.25, 0.3) is 11.0 Å². The average Bonchev–Trinajstić information content (AvgIpc) is 3.34. The Bertz CT molecular complexity index is 807. The van der Waals surface area contributed by atoms with E-state index in [4.69, 9.17) is 9.47 Å². The summed E-state index contributed by atoms with van der Waals surface area (Å²) in [6.45, 7) is 12.2. The standard InChI is InChI=1S/C21H35N5O2Si/c1-29(2,3)11-10-28-15-26-13-18(16-5-8-27-9-6-16)19-20(23-14-24-21(19)26)25-17-4-7-22-12-17/h13-14,16-17,22H,4-12,15H2,1-3H3,(H,23,24,25)/t17-/m1/s1. The number of ether oxygens (including phenoxy) is 2. The van der Waals surface area contributed by atoms with Crippen LogP contribution in [0.3, 0.4) is 0 Å². The van der Waals surface area contributed by atoms with E-state index in [0.717, 1.165) is 63.6 Å². The number of fused-ring (bicyclic) bond motifs is 1. The van der Waals surface area contributed by atoms with Crippen LogP contribution in [0.15, 0.2) is 12.5 Å². The van der Waals surface area contributed by atoms with Crippen molar-refractivity contribution in [2.45, 2.75) is 63.6 Å². The van der Waals surface area contributed by atoms with E-state index in [0.29, 0.717) is 18.7 Å². The van der Waals surface area contributed by atoms with Crippen LogP contribution in [0, 0.1) is 0 Å². The fourth-order valence-corrected chi connectivity index (χ4v) is 4.95. The molecular formula is C21H35N5O2Si. The molecule has 0 aromatic carbocycles. The molecule has 1 atom stereocenters. The smallest absolute Gasteiger partial charge is 0.147 e. The van der Waals surface area contributed by atoms with E-state index in [1.807, 2.05) is 0 Å². The molecule has 2 aromatic rings. The second-order valence-corrected chi connectivity index (χ2v) is 15.2. The molecule has 4 heterocycles. The fraction of sp³-hybridized carbons (Fsp3) is 0.714. The van der Waals surface area contributed by atoms with Crippen molar-refractivity contribution in [2.75, 3.05) is 38.2 Å². The van der Waals surface area contributed by atoms with E-state index >= 15 is 0 Å². The lowest BCUT2D eigenvalue weighted by molar-refractivity contribution is 0.0840. The van der Waals surface area contributed by atoms with Crippen molar-refractivity contribution in [3.63, 3.8) is 0 Å². The fourth-order valence-electron chi connectivity index (χ4n) is 4.19. The zero-order valence-electron chi connectivity index (χ0n) is 18.0. The van der Waals surface area contributed by atoms with Crippen LogP contribution in [0.4, 0.5) is 5.82 Å². The first-order valence-electron chi connectivity index (χ1n) is 11.0. The van der Waals surface area contributed by atoms with Gasteiger partial charge in [-0.15, -0.1) is 0 Å². The zero-order chi connectivity index (χ0) is 20.3. The number of hydrogen-bond donors (Lipinski definition) is 2. The molecule has 29 heavy (non-hydrogen) atoms. The number of rotatable bonds is 8. The first-order chi connectivity index (χ1) is 14.0. The van der Waals surface area contributed by atoms with Gasteiger partial charge in [0.1, 0.15) is 24.5 Å². The van der Waals surface area contributed by atoms with Crippen molar-refractivity contribution in [1.29, 1.82) is 0 Å². The first-order valence-corrected chi connectivity index (χ1v) is 14.7. The Morgan fingerprint density at radius 2 is 2.07 bits per heavy atom. The van der Waals surface area contributed by atoms with Crippen LogP contribution in [0.5, 0.6) is 0 Å². The third kappa shape index (κ3) is 5.17. The summed E-state index contributed by atoms with van der Waals surface area (Å²) in [6.07, 6.45) is 7.16. The highest BCUT2D eigenvalue weighted by Crippen LogP contribution is 2.36. The molecule has 2 aromatic heterocycles. The van der Waals surface area contributed by atoms with E-state index in [9.17, 15) is 0 Å². The van der Waals surface area contributed by atoms with E-state index in [1.54, 1.807) is 6.33 Å². The Morgan fingerprint density at radius 1 is 1.24 bits per heavy atom. The Kier molecular flexibility index (Phi) is 6.53. The van der Waals surface area contributed by atoms with Crippen molar-refractivity contribution >= 4 is 24.9 Å². The third-order valence-electron chi connectivity index (χ3n) is 5.97. The van der Waals surface area contributed by atoms with Gasteiger partial charge < -0.3 is 24.7 Å². The minimum absolute atomic E-state index is 0.423. The summed E-state index contributed by atoms with van der Waals surface area (Å²) in [5.41, 5.74) is 2.31. The van der Waals surface area contributed by atoms with Gasteiger partial charge in [0.15, 0.2) is 0 Å². The maximum atomic E-state index is 6.06. The van der Waals surface area contributed by atoms with Crippen molar-refractivity contribution in [1.82, 2.24) is 19.9 Å². The summed E-state index contributed by atoms with van der Waals surface area (Å²) in [7, 11) is -1.09. The highest BCUT2D eigenvalue weighted by atomic mass is 28.3. The van der Waals surface area contributed by atoms with Crippen molar-refractivity contribution < 1.29 is 9.47 Å². The number of nitrogens with one attached hydrogen (secondary N) is 2. The Morgan fingerprint density at radius 3 is 2.79 bits per heavy atom. The van der Waals surface area contributed by atoms with Crippen LogP contribution < -0.4 is 10.6 Å². The predicted octanol–water partition coefficient (Wildman–Crippen LogP) is 3.41. The lowest BCUT2D eigenvalue weighted by Crippen LogP contribution is -2.23. The Labute approximate surface area is 174 Å². The molecule has 2 N–H and O–H groups in total. The van der Waals surface area contributed by atoms with Gasteiger partial charge in [0.25, 0.3) is 0 Å². The maximum Gasteiger partial charge on any atom is 0.147 e. The molecule has 7 nitrogen and oxygen atoms in total.